The second kappa shape index (κ2) is 7.46. The largest absolute Gasteiger partial charge is 0.337 e. The topological polar surface area (TPSA) is 71.3 Å². The minimum Gasteiger partial charge on any atom is -0.337 e. The Morgan fingerprint density at radius 1 is 1.15 bits per heavy atom. The number of aromatic nitrogens is 3. The number of rotatable bonds is 4. The Morgan fingerprint density at radius 2 is 2.04 bits per heavy atom. The van der Waals surface area contributed by atoms with Crippen LogP contribution in [0.5, 0.6) is 0 Å². The number of hydrogen-bond acceptors (Lipinski definition) is 4. The summed E-state index contributed by atoms with van der Waals surface area (Å²) in [6, 6.07) is 2.86. The Kier molecular flexibility index (Phi) is 4.87. The number of imidazole rings is 1. The van der Waals surface area contributed by atoms with Crippen LogP contribution in [-0.4, -0.2) is 49.2 Å². The molecule has 1 saturated heterocycles. The third-order valence-electron chi connectivity index (χ3n) is 5.19. The number of hydrogen-bond donors (Lipinski definition) is 0. The van der Waals surface area contributed by atoms with E-state index in [1.54, 1.807) is 17.3 Å². The van der Waals surface area contributed by atoms with E-state index in [2.05, 4.69) is 14.5 Å². The Morgan fingerprint density at radius 3 is 2.78 bits per heavy atom. The lowest BCUT2D eigenvalue weighted by Crippen LogP contribution is -2.33. The van der Waals surface area contributed by atoms with E-state index in [-0.39, 0.29) is 18.2 Å². The predicted molar refractivity (Wildman–Crippen MR) is 94.8 cm³/mol. The third-order valence-corrected chi connectivity index (χ3v) is 5.19. The molecule has 0 unspecified atom stereocenters. The molecular formula is C19H22FN5O2. The lowest BCUT2D eigenvalue weighted by atomic mass is 10.2. The van der Waals surface area contributed by atoms with Crippen LogP contribution in [0.3, 0.4) is 0 Å². The number of carbonyl (C=O) groups is 2. The highest BCUT2D eigenvalue weighted by molar-refractivity contribution is 5.78. The lowest BCUT2D eigenvalue weighted by Gasteiger charge is -2.21. The van der Waals surface area contributed by atoms with Gasteiger partial charge in [-0.05, 0) is 25.0 Å². The molecule has 0 N–H and O–H groups in total. The van der Waals surface area contributed by atoms with Gasteiger partial charge in [-0.3, -0.25) is 14.6 Å². The SMILES string of the molecule is O=C1CCCN1Cc1ncn2c1CN(C(=O)Cc1ccc(F)cn1)CCC2. The van der Waals surface area contributed by atoms with Crippen LogP contribution in [0.1, 0.15) is 36.3 Å². The normalized spacial score (nSPS) is 17.1. The van der Waals surface area contributed by atoms with Crippen molar-refractivity contribution in [2.24, 2.45) is 0 Å². The van der Waals surface area contributed by atoms with Crippen LogP contribution in [0.4, 0.5) is 4.39 Å². The molecular weight excluding hydrogens is 349 g/mol. The van der Waals surface area contributed by atoms with Crippen molar-refractivity contribution in [3.63, 3.8) is 0 Å². The van der Waals surface area contributed by atoms with Crippen LogP contribution in [-0.2, 0) is 35.6 Å². The van der Waals surface area contributed by atoms with E-state index in [1.807, 2.05) is 4.90 Å². The van der Waals surface area contributed by atoms with Gasteiger partial charge in [0.15, 0.2) is 0 Å². The van der Waals surface area contributed by atoms with Crippen molar-refractivity contribution in [2.75, 3.05) is 13.1 Å². The first kappa shape index (κ1) is 17.6. The first-order valence-corrected chi connectivity index (χ1v) is 9.29. The fourth-order valence-electron chi connectivity index (χ4n) is 3.69. The number of likely N-dealkylation sites (tertiary alicyclic amines) is 1. The Hall–Kier alpha value is -2.77. The number of aryl methyl sites for hydroxylation is 1. The Balaban J connectivity index is 1.48. The van der Waals surface area contributed by atoms with Gasteiger partial charge in [0, 0.05) is 31.7 Å². The van der Waals surface area contributed by atoms with E-state index < -0.39 is 5.82 Å². The van der Waals surface area contributed by atoms with Gasteiger partial charge >= 0.3 is 0 Å². The van der Waals surface area contributed by atoms with Gasteiger partial charge in [0.05, 0.1) is 43.4 Å². The van der Waals surface area contributed by atoms with Crippen LogP contribution < -0.4 is 0 Å². The quantitative estimate of drug-likeness (QED) is 0.817. The highest BCUT2D eigenvalue weighted by Crippen LogP contribution is 2.20. The number of fused-ring (bicyclic) bond motifs is 1. The fourth-order valence-corrected chi connectivity index (χ4v) is 3.69. The van der Waals surface area contributed by atoms with Gasteiger partial charge in [-0.2, -0.15) is 0 Å². The van der Waals surface area contributed by atoms with E-state index in [1.165, 1.54) is 6.07 Å². The molecule has 0 aliphatic carbocycles. The van der Waals surface area contributed by atoms with Gasteiger partial charge in [0.25, 0.3) is 0 Å². The average molecular weight is 371 g/mol. The van der Waals surface area contributed by atoms with Crippen LogP contribution >= 0.6 is 0 Å². The van der Waals surface area contributed by atoms with E-state index in [9.17, 15) is 14.0 Å². The first-order chi connectivity index (χ1) is 13.1. The number of halogens is 1. The zero-order valence-electron chi connectivity index (χ0n) is 15.1. The van der Waals surface area contributed by atoms with Gasteiger partial charge in [-0.1, -0.05) is 0 Å². The molecule has 2 aliphatic heterocycles. The summed E-state index contributed by atoms with van der Waals surface area (Å²) < 4.78 is 15.1. The molecule has 7 nitrogen and oxygen atoms in total. The molecule has 0 bridgehead atoms. The highest BCUT2D eigenvalue weighted by Gasteiger charge is 2.26. The van der Waals surface area contributed by atoms with Crippen molar-refractivity contribution >= 4 is 11.8 Å². The van der Waals surface area contributed by atoms with E-state index >= 15 is 0 Å². The summed E-state index contributed by atoms with van der Waals surface area (Å²) in [7, 11) is 0. The van der Waals surface area contributed by atoms with Crippen molar-refractivity contribution < 1.29 is 14.0 Å². The second-order valence-electron chi connectivity index (χ2n) is 7.06. The zero-order chi connectivity index (χ0) is 18.8. The van der Waals surface area contributed by atoms with Gasteiger partial charge in [-0.15, -0.1) is 0 Å². The van der Waals surface area contributed by atoms with Crippen LogP contribution in [0.2, 0.25) is 0 Å². The molecule has 8 heteroatoms. The van der Waals surface area contributed by atoms with Gasteiger partial charge in [0.1, 0.15) is 5.82 Å². The van der Waals surface area contributed by atoms with Crippen molar-refractivity contribution in [3.8, 4) is 0 Å². The summed E-state index contributed by atoms with van der Waals surface area (Å²) in [5.74, 6) is -0.279. The summed E-state index contributed by atoms with van der Waals surface area (Å²) in [5.41, 5.74) is 2.42. The standard InChI is InChI=1S/C19H22FN5O2/c20-14-4-5-15(21-10-14)9-19(27)24-7-2-8-25-13-22-16(17(25)12-24)11-23-6-1-3-18(23)26/h4-5,10,13H,1-3,6-9,11-12H2. The predicted octanol–water partition coefficient (Wildman–Crippen LogP) is 1.51. The number of carbonyl (C=O) groups excluding carboxylic acids is 2. The second-order valence-corrected chi connectivity index (χ2v) is 7.06. The zero-order valence-corrected chi connectivity index (χ0v) is 15.1. The molecule has 0 spiro atoms. The molecule has 2 amide bonds. The van der Waals surface area contributed by atoms with Crippen molar-refractivity contribution in [3.05, 3.63) is 47.6 Å². The summed E-state index contributed by atoms with van der Waals surface area (Å²) in [6.07, 6.45) is 5.42. The maximum Gasteiger partial charge on any atom is 0.228 e. The maximum absolute atomic E-state index is 13.0. The van der Waals surface area contributed by atoms with E-state index in [0.717, 1.165) is 43.5 Å². The minimum absolute atomic E-state index is 0.0352. The summed E-state index contributed by atoms with van der Waals surface area (Å²) in [4.78, 5) is 36.8. The van der Waals surface area contributed by atoms with Crippen LogP contribution in [0.15, 0.2) is 24.7 Å². The third kappa shape index (κ3) is 3.84. The number of nitrogens with zero attached hydrogens (tertiary/aromatic N) is 5. The Labute approximate surface area is 156 Å². The van der Waals surface area contributed by atoms with Crippen LogP contribution in [0, 0.1) is 5.82 Å². The maximum atomic E-state index is 13.0. The smallest absolute Gasteiger partial charge is 0.228 e. The van der Waals surface area contributed by atoms with E-state index in [0.29, 0.717) is 31.7 Å². The average Bonchev–Trinajstić information content (AvgIpc) is 3.16. The molecule has 1 fully saturated rings. The van der Waals surface area contributed by atoms with Crippen molar-refractivity contribution in [1.82, 2.24) is 24.3 Å². The van der Waals surface area contributed by atoms with Gasteiger partial charge < -0.3 is 14.4 Å². The van der Waals surface area contributed by atoms with Crippen molar-refractivity contribution in [2.45, 2.75) is 45.3 Å². The van der Waals surface area contributed by atoms with Crippen molar-refractivity contribution in [1.29, 1.82) is 0 Å². The number of pyridine rings is 1. The monoisotopic (exact) mass is 371 g/mol. The molecule has 2 aromatic rings. The van der Waals surface area contributed by atoms with Gasteiger partial charge in [0.2, 0.25) is 11.8 Å². The number of amides is 2. The first-order valence-electron chi connectivity index (χ1n) is 9.29. The molecule has 4 rings (SSSR count). The molecule has 4 heterocycles. The highest BCUT2D eigenvalue weighted by atomic mass is 19.1. The molecule has 0 saturated carbocycles. The fraction of sp³-hybridized carbons (Fsp3) is 0.474. The Bertz CT molecular complexity index is 848. The molecule has 0 aromatic carbocycles. The molecule has 0 radical (unpaired) electrons. The summed E-state index contributed by atoms with van der Waals surface area (Å²) in [5, 5.41) is 0. The molecule has 2 aromatic heterocycles. The summed E-state index contributed by atoms with van der Waals surface area (Å²) in [6.45, 7) is 3.20. The molecule has 142 valence electrons. The van der Waals surface area contributed by atoms with Crippen LogP contribution in [0.25, 0.3) is 0 Å². The summed E-state index contributed by atoms with van der Waals surface area (Å²) >= 11 is 0. The van der Waals surface area contributed by atoms with Gasteiger partial charge in [-0.25, -0.2) is 9.37 Å². The molecule has 27 heavy (non-hydrogen) atoms. The van der Waals surface area contributed by atoms with E-state index in [4.69, 9.17) is 0 Å². The molecule has 0 atom stereocenters. The molecule has 2 aliphatic rings. The lowest BCUT2D eigenvalue weighted by molar-refractivity contribution is -0.131. The minimum atomic E-state index is -0.411.